The van der Waals surface area contributed by atoms with Gasteiger partial charge in [-0.2, -0.15) is 0 Å². The number of amides is 1. The Morgan fingerprint density at radius 1 is 0.963 bits per heavy atom. The normalized spacial score (nSPS) is 10.7. The van der Waals surface area contributed by atoms with E-state index >= 15 is 0 Å². The number of aromatic nitrogens is 1. The van der Waals surface area contributed by atoms with Gasteiger partial charge in [0.25, 0.3) is 5.91 Å². The molecule has 0 spiro atoms. The van der Waals surface area contributed by atoms with Crippen LogP contribution in [0.15, 0.2) is 79.0 Å². The van der Waals surface area contributed by atoms with Crippen LogP contribution in [0.5, 0.6) is 5.75 Å². The number of benzene rings is 3. The summed E-state index contributed by atoms with van der Waals surface area (Å²) in [5, 5.41) is 14.8. The molecule has 1 amide bonds. The number of carbonyl (C=O) groups is 1. The maximum Gasteiger partial charge on any atom is 0.255 e. The molecule has 4 aromatic rings. The van der Waals surface area contributed by atoms with Crippen molar-refractivity contribution in [2.45, 2.75) is 0 Å². The summed E-state index contributed by atoms with van der Waals surface area (Å²) in [7, 11) is 0. The highest BCUT2D eigenvalue weighted by atomic mass is 35.5. The van der Waals surface area contributed by atoms with Crippen LogP contribution in [0, 0.1) is 0 Å². The molecule has 4 rings (SSSR count). The van der Waals surface area contributed by atoms with Gasteiger partial charge in [-0.15, -0.1) is 0 Å². The number of rotatable bonds is 3. The quantitative estimate of drug-likeness (QED) is 0.496. The lowest BCUT2D eigenvalue weighted by molar-refractivity contribution is 0.102. The Balaban J connectivity index is 1.71. The Bertz CT molecular complexity index is 1140. The first-order valence-electron chi connectivity index (χ1n) is 8.36. The zero-order chi connectivity index (χ0) is 18.8. The second-order valence-corrected chi connectivity index (χ2v) is 6.48. The van der Waals surface area contributed by atoms with Gasteiger partial charge in [0.1, 0.15) is 5.75 Å². The zero-order valence-electron chi connectivity index (χ0n) is 14.2. The fourth-order valence-corrected chi connectivity index (χ4v) is 3.14. The van der Waals surface area contributed by atoms with E-state index in [-0.39, 0.29) is 11.7 Å². The minimum Gasteiger partial charge on any atom is -0.508 e. The largest absolute Gasteiger partial charge is 0.508 e. The van der Waals surface area contributed by atoms with Gasteiger partial charge >= 0.3 is 0 Å². The molecule has 0 radical (unpaired) electrons. The van der Waals surface area contributed by atoms with Crippen molar-refractivity contribution in [3.05, 3.63) is 89.6 Å². The molecule has 27 heavy (non-hydrogen) atoms. The van der Waals surface area contributed by atoms with Crippen LogP contribution >= 0.6 is 11.6 Å². The van der Waals surface area contributed by atoms with Crippen LogP contribution in [-0.4, -0.2) is 16.0 Å². The molecule has 132 valence electrons. The first-order valence-corrected chi connectivity index (χ1v) is 8.74. The molecule has 3 aromatic carbocycles. The van der Waals surface area contributed by atoms with Crippen molar-refractivity contribution in [3.8, 4) is 17.0 Å². The van der Waals surface area contributed by atoms with Gasteiger partial charge < -0.3 is 10.4 Å². The number of fused-ring (bicyclic) bond motifs is 1. The van der Waals surface area contributed by atoms with Gasteiger partial charge in [0.05, 0.1) is 10.7 Å². The third-order valence-electron chi connectivity index (χ3n) is 4.28. The Labute approximate surface area is 161 Å². The second kappa shape index (κ2) is 7.09. The summed E-state index contributed by atoms with van der Waals surface area (Å²) in [5.74, 6) is -0.156. The highest BCUT2D eigenvalue weighted by Gasteiger charge is 2.12. The summed E-state index contributed by atoms with van der Waals surface area (Å²) in [5.41, 5.74) is 2.57. The molecule has 1 heterocycles. The number of halogens is 1. The van der Waals surface area contributed by atoms with E-state index in [4.69, 9.17) is 11.6 Å². The fraction of sp³-hybridized carbons (Fsp3) is 0. The Morgan fingerprint density at radius 3 is 2.56 bits per heavy atom. The maximum atomic E-state index is 12.4. The summed E-state index contributed by atoms with van der Waals surface area (Å²) >= 11 is 6.42. The summed E-state index contributed by atoms with van der Waals surface area (Å²) in [6.07, 6.45) is 1.75. The predicted molar refractivity (Wildman–Crippen MR) is 108 cm³/mol. The fourth-order valence-electron chi connectivity index (χ4n) is 2.93. The van der Waals surface area contributed by atoms with Crippen molar-refractivity contribution in [2.24, 2.45) is 0 Å². The number of nitrogens with zero attached hydrogens (tertiary/aromatic N) is 1. The van der Waals surface area contributed by atoms with Crippen LogP contribution in [-0.2, 0) is 0 Å². The van der Waals surface area contributed by atoms with E-state index in [1.54, 1.807) is 30.5 Å². The van der Waals surface area contributed by atoms with Crippen molar-refractivity contribution >= 4 is 34.0 Å². The Kier molecular flexibility index (Phi) is 4.48. The smallest absolute Gasteiger partial charge is 0.255 e. The molecule has 0 aliphatic carbocycles. The lowest BCUT2D eigenvalue weighted by atomic mass is 10.0. The van der Waals surface area contributed by atoms with Crippen LogP contribution in [0.25, 0.3) is 22.0 Å². The molecule has 0 fully saturated rings. The SMILES string of the molecule is O=C(Nc1ccc(Cl)c(-c2nccc3ccccc23)c1)c1ccc(O)cc1. The average Bonchev–Trinajstić information content (AvgIpc) is 2.69. The number of pyridine rings is 1. The van der Waals surface area contributed by atoms with Crippen molar-refractivity contribution < 1.29 is 9.90 Å². The average molecular weight is 375 g/mol. The molecular formula is C22H15ClN2O2. The molecule has 0 atom stereocenters. The first kappa shape index (κ1) is 17.1. The molecule has 0 aliphatic heterocycles. The van der Waals surface area contributed by atoms with Gasteiger partial charge in [-0.05, 0) is 53.9 Å². The highest BCUT2D eigenvalue weighted by Crippen LogP contribution is 2.33. The molecule has 1 aromatic heterocycles. The standard InChI is InChI=1S/C22H15ClN2O2/c23-20-10-7-16(25-22(27)15-5-8-17(26)9-6-15)13-19(20)21-18-4-2-1-3-14(18)11-12-24-21/h1-13,26H,(H,25,27). The molecular weight excluding hydrogens is 360 g/mol. The first-order chi connectivity index (χ1) is 13.1. The van der Waals surface area contributed by atoms with E-state index in [1.807, 2.05) is 36.4 Å². The minimum absolute atomic E-state index is 0.113. The second-order valence-electron chi connectivity index (χ2n) is 6.08. The number of hydrogen-bond donors (Lipinski definition) is 2. The van der Waals surface area contributed by atoms with Crippen LogP contribution in [0.3, 0.4) is 0 Å². The number of phenols is 1. The minimum atomic E-state index is -0.269. The summed E-state index contributed by atoms with van der Waals surface area (Å²) in [4.78, 5) is 16.9. The number of anilines is 1. The number of hydrogen-bond acceptors (Lipinski definition) is 3. The molecule has 0 aliphatic rings. The number of phenolic OH excluding ortho intramolecular Hbond substituents is 1. The van der Waals surface area contributed by atoms with Crippen LogP contribution < -0.4 is 5.32 Å². The lowest BCUT2D eigenvalue weighted by Gasteiger charge is -2.11. The third kappa shape index (κ3) is 3.48. The highest BCUT2D eigenvalue weighted by molar-refractivity contribution is 6.33. The molecule has 4 nitrogen and oxygen atoms in total. The van der Waals surface area contributed by atoms with E-state index in [0.717, 1.165) is 22.0 Å². The topological polar surface area (TPSA) is 62.2 Å². The Morgan fingerprint density at radius 2 is 1.74 bits per heavy atom. The van der Waals surface area contributed by atoms with Gasteiger partial charge in [0.15, 0.2) is 0 Å². The predicted octanol–water partition coefficient (Wildman–Crippen LogP) is 5.51. The van der Waals surface area contributed by atoms with E-state index in [2.05, 4.69) is 10.3 Å². The molecule has 0 saturated heterocycles. The molecule has 5 heteroatoms. The monoisotopic (exact) mass is 374 g/mol. The zero-order valence-corrected chi connectivity index (χ0v) is 14.9. The van der Waals surface area contributed by atoms with Crippen molar-refractivity contribution in [1.82, 2.24) is 4.98 Å². The Hall–Kier alpha value is -3.37. The van der Waals surface area contributed by atoms with Crippen LogP contribution in [0.2, 0.25) is 5.02 Å². The van der Waals surface area contributed by atoms with E-state index in [9.17, 15) is 9.90 Å². The molecule has 0 saturated carbocycles. The lowest BCUT2D eigenvalue weighted by Crippen LogP contribution is -2.11. The molecule has 0 bridgehead atoms. The van der Waals surface area contributed by atoms with Crippen LogP contribution in [0.4, 0.5) is 5.69 Å². The maximum absolute atomic E-state index is 12.4. The summed E-state index contributed by atoms with van der Waals surface area (Å²) in [6.45, 7) is 0. The van der Waals surface area contributed by atoms with Gasteiger partial charge in [-0.1, -0.05) is 35.9 Å². The van der Waals surface area contributed by atoms with E-state index in [1.165, 1.54) is 12.1 Å². The van der Waals surface area contributed by atoms with Gasteiger partial charge in [0, 0.05) is 28.4 Å². The van der Waals surface area contributed by atoms with Gasteiger partial charge in [-0.25, -0.2) is 0 Å². The number of nitrogens with one attached hydrogen (secondary N) is 1. The number of carbonyl (C=O) groups excluding carboxylic acids is 1. The van der Waals surface area contributed by atoms with E-state index in [0.29, 0.717) is 16.3 Å². The molecule has 2 N–H and O–H groups in total. The number of aromatic hydroxyl groups is 1. The van der Waals surface area contributed by atoms with Gasteiger partial charge in [-0.3, -0.25) is 9.78 Å². The van der Waals surface area contributed by atoms with Crippen molar-refractivity contribution in [1.29, 1.82) is 0 Å². The third-order valence-corrected chi connectivity index (χ3v) is 4.61. The molecule has 0 unspecified atom stereocenters. The summed E-state index contributed by atoms with van der Waals surface area (Å²) < 4.78 is 0. The van der Waals surface area contributed by atoms with E-state index < -0.39 is 0 Å². The van der Waals surface area contributed by atoms with Gasteiger partial charge in [0.2, 0.25) is 0 Å². The van der Waals surface area contributed by atoms with Crippen molar-refractivity contribution in [3.63, 3.8) is 0 Å². The summed E-state index contributed by atoms with van der Waals surface area (Å²) in [6, 6.07) is 21.3. The van der Waals surface area contributed by atoms with Crippen LogP contribution in [0.1, 0.15) is 10.4 Å². The van der Waals surface area contributed by atoms with Crippen molar-refractivity contribution in [2.75, 3.05) is 5.32 Å².